The lowest BCUT2D eigenvalue weighted by Crippen LogP contribution is -1.81. The molecule has 0 aromatic carbocycles. The van der Waals surface area contributed by atoms with E-state index in [4.69, 9.17) is 11.6 Å². The standard InChI is InChI=1S/C5H7ClN2.ClH/c1-4-3-8(2)5(6)7-4;/h3H,1-2H3;1H. The van der Waals surface area contributed by atoms with Crippen LogP contribution in [0, 0.1) is 6.92 Å². The van der Waals surface area contributed by atoms with E-state index in [1.807, 2.05) is 20.2 Å². The minimum atomic E-state index is 0. The monoisotopic (exact) mass is 166 g/mol. The van der Waals surface area contributed by atoms with Gasteiger partial charge >= 0.3 is 0 Å². The van der Waals surface area contributed by atoms with Crippen molar-refractivity contribution in [1.82, 2.24) is 9.55 Å². The Bertz CT molecular complexity index is 175. The van der Waals surface area contributed by atoms with Gasteiger partial charge in [0.05, 0.1) is 5.69 Å². The summed E-state index contributed by atoms with van der Waals surface area (Å²) in [5, 5.41) is 0.544. The Kier molecular flexibility index (Phi) is 3.01. The van der Waals surface area contributed by atoms with Gasteiger partial charge < -0.3 is 4.57 Å². The van der Waals surface area contributed by atoms with Crippen LogP contribution in [-0.4, -0.2) is 9.55 Å². The molecular formula is C5H8Cl2N2. The van der Waals surface area contributed by atoms with Crippen LogP contribution >= 0.6 is 24.0 Å². The first kappa shape index (κ1) is 8.79. The smallest absolute Gasteiger partial charge is 0.202 e. The van der Waals surface area contributed by atoms with Gasteiger partial charge in [-0.25, -0.2) is 4.98 Å². The summed E-state index contributed by atoms with van der Waals surface area (Å²) < 4.78 is 1.77. The molecule has 0 saturated carbocycles. The summed E-state index contributed by atoms with van der Waals surface area (Å²) in [4.78, 5) is 3.94. The van der Waals surface area contributed by atoms with Crippen LogP contribution in [0.2, 0.25) is 5.28 Å². The molecule has 0 aliphatic rings. The van der Waals surface area contributed by atoms with E-state index in [0.29, 0.717) is 5.28 Å². The third-order valence-electron chi connectivity index (χ3n) is 0.940. The predicted molar refractivity (Wildman–Crippen MR) is 40.2 cm³/mol. The van der Waals surface area contributed by atoms with Crippen molar-refractivity contribution in [3.05, 3.63) is 17.2 Å². The van der Waals surface area contributed by atoms with Crippen molar-refractivity contribution in [3.63, 3.8) is 0 Å². The van der Waals surface area contributed by atoms with Gasteiger partial charge in [-0.15, -0.1) is 12.4 Å². The minimum Gasteiger partial charge on any atom is -0.325 e. The molecule has 0 bridgehead atoms. The van der Waals surface area contributed by atoms with Crippen molar-refractivity contribution < 1.29 is 0 Å². The third kappa shape index (κ3) is 1.88. The molecule has 0 spiro atoms. The highest BCUT2D eigenvalue weighted by molar-refractivity contribution is 6.28. The fraction of sp³-hybridized carbons (Fsp3) is 0.400. The molecule has 0 amide bonds. The van der Waals surface area contributed by atoms with Gasteiger partial charge in [-0.1, -0.05) is 0 Å². The average Bonchev–Trinajstić information content (AvgIpc) is 1.85. The quantitative estimate of drug-likeness (QED) is 0.576. The Morgan fingerprint density at radius 1 is 1.67 bits per heavy atom. The van der Waals surface area contributed by atoms with E-state index in [9.17, 15) is 0 Å². The predicted octanol–water partition coefficient (Wildman–Crippen LogP) is 1.80. The van der Waals surface area contributed by atoms with Crippen molar-refractivity contribution >= 4 is 24.0 Å². The van der Waals surface area contributed by atoms with Gasteiger partial charge in [-0.05, 0) is 18.5 Å². The second-order valence-electron chi connectivity index (χ2n) is 1.76. The molecule has 0 atom stereocenters. The summed E-state index contributed by atoms with van der Waals surface area (Å²) >= 11 is 5.58. The normalized spacial score (nSPS) is 8.78. The number of halogens is 2. The Labute approximate surface area is 65.3 Å². The lowest BCUT2D eigenvalue weighted by Gasteiger charge is -1.84. The molecule has 1 aromatic rings. The SMILES string of the molecule is Cc1cn(C)c(Cl)n1.Cl. The molecule has 0 aliphatic heterocycles. The third-order valence-corrected chi connectivity index (χ3v) is 1.29. The Morgan fingerprint density at radius 3 is 2.33 bits per heavy atom. The molecule has 52 valence electrons. The molecule has 4 heteroatoms. The zero-order chi connectivity index (χ0) is 6.15. The fourth-order valence-corrected chi connectivity index (χ4v) is 0.769. The van der Waals surface area contributed by atoms with Gasteiger partial charge in [0, 0.05) is 13.2 Å². The van der Waals surface area contributed by atoms with Gasteiger partial charge in [0.1, 0.15) is 0 Å². The van der Waals surface area contributed by atoms with E-state index in [2.05, 4.69) is 4.98 Å². The summed E-state index contributed by atoms with van der Waals surface area (Å²) in [7, 11) is 1.86. The number of aromatic nitrogens is 2. The van der Waals surface area contributed by atoms with E-state index < -0.39 is 0 Å². The minimum absolute atomic E-state index is 0. The van der Waals surface area contributed by atoms with Gasteiger partial charge in [-0.3, -0.25) is 0 Å². The van der Waals surface area contributed by atoms with Crippen molar-refractivity contribution in [3.8, 4) is 0 Å². The first-order valence-corrected chi connectivity index (χ1v) is 2.73. The van der Waals surface area contributed by atoms with Crippen LogP contribution in [0.4, 0.5) is 0 Å². The number of hydrogen-bond donors (Lipinski definition) is 0. The van der Waals surface area contributed by atoms with E-state index in [1.165, 1.54) is 0 Å². The molecule has 1 heterocycles. The van der Waals surface area contributed by atoms with E-state index >= 15 is 0 Å². The number of imidazole rings is 1. The molecule has 0 N–H and O–H groups in total. The molecule has 9 heavy (non-hydrogen) atoms. The van der Waals surface area contributed by atoms with Gasteiger partial charge in [0.15, 0.2) is 0 Å². The maximum absolute atomic E-state index is 5.58. The zero-order valence-corrected chi connectivity index (χ0v) is 6.83. The van der Waals surface area contributed by atoms with E-state index in [0.717, 1.165) is 5.69 Å². The highest BCUT2D eigenvalue weighted by atomic mass is 35.5. The van der Waals surface area contributed by atoms with E-state index in [-0.39, 0.29) is 12.4 Å². The molecule has 0 saturated heterocycles. The summed E-state index contributed by atoms with van der Waals surface area (Å²) in [5.74, 6) is 0. The molecule has 0 radical (unpaired) electrons. The number of nitrogens with zero attached hydrogens (tertiary/aromatic N) is 2. The van der Waals surface area contributed by atoms with Crippen molar-refractivity contribution in [2.24, 2.45) is 7.05 Å². The molecule has 0 unspecified atom stereocenters. The number of aryl methyl sites for hydroxylation is 2. The van der Waals surface area contributed by atoms with Crippen molar-refractivity contribution in [2.75, 3.05) is 0 Å². The van der Waals surface area contributed by atoms with Crippen molar-refractivity contribution in [1.29, 1.82) is 0 Å². The average molecular weight is 167 g/mol. The van der Waals surface area contributed by atoms with Gasteiger partial charge in [0.25, 0.3) is 0 Å². The lowest BCUT2D eigenvalue weighted by molar-refractivity contribution is 0.914. The highest BCUT2D eigenvalue weighted by Crippen LogP contribution is 2.04. The molecule has 0 aliphatic carbocycles. The number of rotatable bonds is 0. The maximum Gasteiger partial charge on any atom is 0.202 e. The van der Waals surface area contributed by atoms with E-state index in [1.54, 1.807) is 4.57 Å². The molecule has 1 rings (SSSR count). The van der Waals surface area contributed by atoms with Crippen LogP contribution in [0.25, 0.3) is 0 Å². The highest BCUT2D eigenvalue weighted by Gasteiger charge is 1.94. The lowest BCUT2D eigenvalue weighted by atomic mass is 10.6. The van der Waals surface area contributed by atoms with Crippen LogP contribution in [-0.2, 0) is 7.05 Å². The van der Waals surface area contributed by atoms with Crippen LogP contribution in [0.1, 0.15) is 5.69 Å². The summed E-state index contributed by atoms with van der Waals surface area (Å²) in [6, 6.07) is 0. The van der Waals surface area contributed by atoms with Crippen LogP contribution in [0.15, 0.2) is 6.20 Å². The summed E-state index contributed by atoms with van der Waals surface area (Å²) in [6.45, 7) is 1.91. The summed E-state index contributed by atoms with van der Waals surface area (Å²) in [5.41, 5.74) is 0.956. The molecule has 1 aromatic heterocycles. The first-order chi connectivity index (χ1) is 3.70. The molecule has 2 nitrogen and oxygen atoms in total. The molecule has 0 fully saturated rings. The Hall–Kier alpha value is -0.210. The maximum atomic E-state index is 5.58. The summed E-state index contributed by atoms with van der Waals surface area (Å²) in [6.07, 6.45) is 1.88. The second kappa shape index (κ2) is 3.08. The van der Waals surface area contributed by atoms with Crippen LogP contribution < -0.4 is 0 Å². The Balaban J connectivity index is 0.000000640. The number of hydrogen-bond acceptors (Lipinski definition) is 1. The second-order valence-corrected chi connectivity index (χ2v) is 2.10. The first-order valence-electron chi connectivity index (χ1n) is 2.35. The largest absolute Gasteiger partial charge is 0.325 e. The Morgan fingerprint density at radius 2 is 2.22 bits per heavy atom. The van der Waals surface area contributed by atoms with Gasteiger partial charge in [-0.2, -0.15) is 0 Å². The van der Waals surface area contributed by atoms with Gasteiger partial charge in [0.2, 0.25) is 5.28 Å². The fourth-order valence-electron chi connectivity index (χ4n) is 0.587. The molecular weight excluding hydrogens is 159 g/mol. The topological polar surface area (TPSA) is 17.8 Å². The van der Waals surface area contributed by atoms with Crippen LogP contribution in [0.5, 0.6) is 0 Å². The zero-order valence-electron chi connectivity index (χ0n) is 5.26. The van der Waals surface area contributed by atoms with Crippen molar-refractivity contribution in [2.45, 2.75) is 6.92 Å². The van der Waals surface area contributed by atoms with Crippen LogP contribution in [0.3, 0.4) is 0 Å².